The summed E-state index contributed by atoms with van der Waals surface area (Å²) in [5.41, 5.74) is 0.839. The topological polar surface area (TPSA) is 55.8 Å². The fourth-order valence-electron chi connectivity index (χ4n) is 0.862. The van der Waals surface area contributed by atoms with Gasteiger partial charge >= 0.3 is 8.25 Å². The van der Waals surface area contributed by atoms with E-state index < -0.39 is 8.25 Å². The lowest BCUT2D eigenvalue weighted by Gasteiger charge is -1.95. The molecule has 0 aromatic heterocycles. The molecule has 5 heteroatoms. The van der Waals surface area contributed by atoms with Crippen molar-refractivity contribution >= 4 is 8.25 Å². The van der Waals surface area contributed by atoms with Crippen LogP contribution in [0.15, 0.2) is 24.3 Å². The number of benzene rings is 1. The van der Waals surface area contributed by atoms with Crippen LogP contribution >= 0.6 is 8.25 Å². The first-order valence-electron chi connectivity index (χ1n) is 4.23. The Kier molecular flexibility index (Phi) is 4.53. The van der Waals surface area contributed by atoms with Gasteiger partial charge in [-0.3, -0.25) is 0 Å². The van der Waals surface area contributed by atoms with E-state index in [2.05, 4.69) is 0 Å². The average molecular weight is 215 g/mol. The molecule has 0 radical (unpaired) electrons. The van der Waals surface area contributed by atoms with Gasteiger partial charge in [-0.05, 0) is 24.6 Å². The second-order valence-electron chi connectivity index (χ2n) is 2.58. The molecule has 0 saturated carbocycles. The van der Waals surface area contributed by atoms with Gasteiger partial charge in [-0.1, -0.05) is 12.1 Å². The van der Waals surface area contributed by atoms with Crippen LogP contribution in [0.1, 0.15) is 12.5 Å². The molecule has 4 nitrogen and oxygen atoms in total. The van der Waals surface area contributed by atoms with Gasteiger partial charge < -0.3 is 5.11 Å². The fourth-order valence-corrected chi connectivity index (χ4v) is 1.40. The van der Waals surface area contributed by atoms with E-state index >= 15 is 0 Å². The molecule has 1 aromatic carbocycles. The van der Waals surface area contributed by atoms with Gasteiger partial charge in [-0.25, -0.2) is 0 Å². The van der Waals surface area contributed by atoms with Crippen molar-refractivity contribution in [3.63, 3.8) is 0 Å². The number of hydrogen-bond acceptors (Lipinski definition) is 4. The summed E-state index contributed by atoms with van der Waals surface area (Å²) in [6, 6.07) is 6.49. The molecule has 0 aliphatic rings. The maximum absolute atomic E-state index is 10.9. The predicted octanol–water partition coefficient (Wildman–Crippen LogP) is 2.60. The van der Waals surface area contributed by atoms with Crippen molar-refractivity contribution in [2.24, 2.45) is 0 Å². The molecule has 0 aliphatic carbocycles. The van der Waals surface area contributed by atoms with Crippen LogP contribution in [-0.2, 0) is 20.2 Å². The Morgan fingerprint density at radius 1 is 1.29 bits per heavy atom. The second-order valence-corrected chi connectivity index (χ2v) is 3.54. The fraction of sp³-hybridized carbons (Fsp3) is 0.333. The summed E-state index contributed by atoms with van der Waals surface area (Å²) in [7, 11) is -2.02. The Morgan fingerprint density at radius 2 is 1.93 bits per heavy atom. The van der Waals surface area contributed by atoms with E-state index in [0.717, 1.165) is 5.56 Å². The van der Waals surface area contributed by atoms with E-state index in [1.807, 2.05) is 0 Å². The smallest absolute Gasteiger partial charge is 0.508 e. The van der Waals surface area contributed by atoms with Crippen molar-refractivity contribution in [2.75, 3.05) is 6.61 Å². The molecule has 0 amide bonds. The van der Waals surface area contributed by atoms with Gasteiger partial charge in [0.25, 0.3) is 0 Å². The van der Waals surface area contributed by atoms with Crippen molar-refractivity contribution in [1.29, 1.82) is 0 Å². The lowest BCUT2D eigenvalue weighted by atomic mass is 10.2. The normalized spacial score (nSPS) is 11.4. The van der Waals surface area contributed by atoms with Crippen molar-refractivity contribution in [2.45, 2.75) is 13.5 Å². The molecule has 0 aliphatic heterocycles. The summed E-state index contributed by atoms with van der Waals surface area (Å²) in [4.78, 5) is 0. The Bertz CT molecular complexity index is 296. The Hall–Kier alpha value is -0.960. The van der Waals surface area contributed by atoms with Crippen LogP contribution in [-0.4, -0.2) is 11.7 Å². The minimum atomic E-state index is -2.02. The molecule has 76 valence electrons. The number of rotatable bonds is 5. The third-order valence-corrected chi connectivity index (χ3v) is 2.32. The average Bonchev–Trinajstić information content (AvgIpc) is 2.17. The molecular weight excluding hydrogens is 203 g/mol. The third-order valence-electron chi connectivity index (χ3n) is 1.51. The Balaban J connectivity index is 2.38. The van der Waals surface area contributed by atoms with Gasteiger partial charge in [0.2, 0.25) is 0 Å². The van der Waals surface area contributed by atoms with Crippen LogP contribution in [0.5, 0.6) is 5.75 Å². The largest absolute Gasteiger partial charge is 0.697 e. The lowest BCUT2D eigenvalue weighted by molar-refractivity contribution is 0.227. The van der Waals surface area contributed by atoms with E-state index in [4.69, 9.17) is 14.2 Å². The van der Waals surface area contributed by atoms with Crippen molar-refractivity contribution < 1.29 is 18.7 Å². The highest BCUT2D eigenvalue weighted by molar-refractivity contribution is 7.33. The SMILES string of the molecule is CCO[P+](=O)OCc1ccc(O)cc1. The van der Waals surface area contributed by atoms with E-state index in [-0.39, 0.29) is 12.4 Å². The van der Waals surface area contributed by atoms with Crippen LogP contribution in [0.2, 0.25) is 0 Å². The third kappa shape index (κ3) is 3.83. The van der Waals surface area contributed by atoms with Gasteiger partial charge in [-0.15, -0.1) is 9.05 Å². The first-order valence-corrected chi connectivity index (χ1v) is 5.33. The van der Waals surface area contributed by atoms with E-state index in [1.54, 1.807) is 31.2 Å². The highest BCUT2D eigenvalue weighted by Gasteiger charge is 2.18. The maximum Gasteiger partial charge on any atom is 0.697 e. The van der Waals surface area contributed by atoms with E-state index in [1.165, 1.54) is 0 Å². The molecule has 1 N–H and O–H groups in total. The zero-order chi connectivity index (χ0) is 10.4. The quantitative estimate of drug-likeness (QED) is 0.767. The number of aromatic hydroxyl groups is 1. The van der Waals surface area contributed by atoms with Crippen molar-refractivity contribution in [3.8, 4) is 5.75 Å². The number of phenolic OH excluding ortho intramolecular Hbond substituents is 1. The molecule has 0 fully saturated rings. The molecule has 0 spiro atoms. The minimum absolute atomic E-state index is 0.197. The van der Waals surface area contributed by atoms with E-state index in [9.17, 15) is 4.57 Å². The Labute approximate surface area is 83.4 Å². The highest BCUT2D eigenvalue weighted by Crippen LogP contribution is 2.25. The van der Waals surface area contributed by atoms with E-state index in [0.29, 0.717) is 6.61 Å². The summed E-state index contributed by atoms with van der Waals surface area (Å²) in [6.45, 7) is 2.33. The van der Waals surface area contributed by atoms with Gasteiger partial charge in [0.05, 0.1) is 0 Å². The summed E-state index contributed by atoms with van der Waals surface area (Å²) >= 11 is 0. The first kappa shape index (κ1) is 11.1. The summed E-state index contributed by atoms with van der Waals surface area (Å²) in [5, 5.41) is 9.00. The highest BCUT2D eigenvalue weighted by atomic mass is 31.1. The van der Waals surface area contributed by atoms with Crippen LogP contribution in [0.4, 0.5) is 0 Å². The van der Waals surface area contributed by atoms with Crippen LogP contribution in [0.3, 0.4) is 0 Å². The van der Waals surface area contributed by atoms with Gasteiger partial charge in [0, 0.05) is 4.57 Å². The molecule has 1 aromatic rings. The molecule has 0 bridgehead atoms. The predicted molar refractivity (Wildman–Crippen MR) is 52.1 cm³/mol. The number of hydrogen-bond donors (Lipinski definition) is 1. The molecule has 14 heavy (non-hydrogen) atoms. The standard InChI is InChI=1S/C9H11O4P/c1-2-12-14(11)13-7-8-3-5-9(10)6-4-8/h3-6H,2,7H2,1H3/p+1. The van der Waals surface area contributed by atoms with Crippen LogP contribution in [0.25, 0.3) is 0 Å². The zero-order valence-electron chi connectivity index (χ0n) is 7.84. The zero-order valence-corrected chi connectivity index (χ0v) is 8.74. The monoisotopic (exact) mass is 215 g/mol. The second kappa shape index (κ2) is 5.70. The van der Waals surface area contributed by atoms with Gasteiger partial charge in [0.1, 0.15) is 19.0 Å². The molecule has 1 rings (SSSR count). The molecule has 1 atom stereocenters. The molecular formula is C9H12O4P+. The van der Waals surface area contributed by atoms with Crippen LogP contribution < -0.4 is 0 Å². The molecule has 0 saturated heterocycles. The number of phenols is 1. The van der Waals surface area contributed by atoms with Crippen LogP contribution in [0, 0.1) is 0 Å². The first-order chi connectivity index (χ1) is 6.72. The summed E-state index contributed by atoms with van der Waals surface area (Å²) < 4.78 is 20.6. The molecule has 0 heterocycles. The van der Waals surface area contributed by atoms with Gasteiger partial charge in [0.15, 0.2) is 0 Å². The minimum Gasteiger partial charge on any atom is -0.508 e. The van der Waals surface area contributed by atoms with Crippen molar-refractivity contribution in [1.82, 2.24) is 0 Å². The summed E-state index contributed by atoms with van der Waals surface area (Å²) in [5.74, 6) is 0.197. The molecule has 1 unspecified atom stereocenters. The van der Waals surface area contributed by atoms with Gasteiger partial charge in [-0.2, -0.15) is 0 Å². The summed E-state index contributed by atoms with van der Waals surface area (Å²) in [6.07, 6.45) is 0. The van der Waals surface area contributed by atoms with Crippen molar-refractivity contribution in [3.05, 3.63) is 29.8 Å². The Morgan fingerprint density at radius 3 is 2.50 bits per heavy atom. The lowest BCUT2D eigenvalue weighted by Crippen LogP contribution is -1.87. The maximum atomic E-state index is 10.9.